The summed E-state index contributed by atoms with van der Waals surface area (Å²) in [6.45, 7) is 4.56. The second kappa shape index (κ2) is 8.83. The first kappa shape index (κ1) is 25.2. The lowest BCUT2D eigenvalue weighted by molar-refractivity contribution is -0.137. The van der Waals surface area contributed by atoms with E-state index in [4.69, 9.17) is 20.5 Å². The summed E-state index contributed by atoms with van der Waals surface area (Å²) >= 11 is 5.58. The molecule has 0 saturated carbocycles. The quantitative estimate of drug-likeness (QED) is 0.652. The van der Waals surface area contributed by atoms with Crippen molar-refractivity contribution >= 4 is 39.4 Å². The molecule has 0 bridgehead atoms. The molecule has 1 N–H and O–H groups in total. The molecule has 8 nitrogen and oxygen atoms in total. The van der Waals surface area contributed by atoms with Crippen LogP contribution in [0.2, 0.25) is 5.02 Å². The number of hydrogen-bond acceptors (Lipinski definition) is 6. The first-order chi connectivity index (χ1) is 14.0. The molecule has 1 fully saturated rings. The van der Waals surface area contributed by atoms with Crippen LogP contribution < -0.4 is 5.32 Å². The SMILES string of the molecule is CC(C)(C)OC(=O)N1C[C@@H](OS(C)(=O)=O)C[C@@H]1C(=O)Nc1ccc(Cl)c(C(F)(F)F)c1. The zero-order chi connectivity index (χ0) is 23.8. The Morgan fingerprint density at radius 2 is 1.84 bits per heavy atom. The summed E-state index contributed by atoms with van der Waals surface area (Å²) in [5, 5.41) is 1.76. The number of likely N-dealkylation sites (tertiary alicyclic amines) is 1. The summed E-state index contributed by atoms with van der Waals surface area (Å²) in [7, 11) is -3.88. The Morgan fingerprint density at radius 3 is 2.35 bits per heavy atom. The van der Waals surface area contributed by atoms with Gasteiger partial charge in [-0.1, -0.05) is 11.6 Å². The molecule has 31 heavy (non-hydrogen) atoms. The van der Waals surface area contributed by atoms with Crippen molar-refractivity contribution in [1.29, 1.82) is 0 Å². The number of nitrogens with one attached hydrogen (secondary N) is 1. The lowest BCUT2D eigenvalue weighted by Gasteiger charge is -2.28. The molecule has 1 heterocycles. The van der Waals surface area contributed by atoms with Crippen LogP contribution >= 0.6 is 11.6 Å². The number of anilines is 1. The van der Waals surface area contributed by atoms with E-state index in [1.165, 1.54) is 6.07 Å². The minimum atomic E-state index is -4.73. The minimum absolute atomic E-state index is 0.196. The molecule has 0 radical (unpaired) electrons. The van der Waals surface area contributed by atoms with Crippen molar-refractivity contribution < 1.29 is 40.1 Å². The summed E-state index contributed by atoms with van der Waals surface area (Å²) in [5.74, 6) is -0.832. The highest BCUT2D eigenvalue weighted by molar-refractivity contribution is 7.86. The fourth-order valence-electron chi connectivity index (χ4n) is 2.93. The van der Waals surface area contributed by atoms with Crippen LogP contribution in [0.3, 0.4) is 0 Å². The Kier molecular flexibility index (Phi) is 7.18. The average molecular weight is 487 g/mol. The summed E-state index contributed by atoms with van der Waals surface area (Å²) in [6.07, 6.45) is -6.02. The maximum atomic E-state index is 13.1. The van der Waals surface area contributed by atoms with Gasteiger partial charge in [-0.3, -0.25) is 13.9 Å². The number of carbonyl (C=O) groups is 2. The third kappa shape index (κ3) is 7.25. The van der Waals surface area contributed by atoms with E-state index in [1.807, 2.05) is 0 Å². The molecule has 1 aliphatic rings. The number of nitrogens with zero attached hydrogens (tertiary/aromatic N) is 1. The summed E-state index contributed by atoms with van der Waals surface area (Å²) in [5.41, 5.74) is -2.23. The van der Waals surface area contributed by atoms with Gasteiger partial charge in [0, 0.05) is 12.1 Å². The normalized spacial score (nSPS) is 19.9. The van der Waals surface area contributed by atoms with Crippen LogP contribution in [-0.4, -0.2) is 55.9 Å². The highest BCUT2D eigenvalue weighted by Crippen LogP contribution is 2.36. The van der Waals surface area contributed by atoms with Crippen LogP contribution in [-0.2, 0) is 30.0 Å². The molecule has 0 aromatic heterocycles. The number of ether oxygens (including phenoxy) is 1. The van der Waals surface area contributed by atoms with E-state index in [2.05, 4.69) is 5.32 Å². The maximum Gasteiger partial charge on any atom is 0.417 e. The highest BCUT2D eigenvalue weighted by atomic mass is 35.5. The van der Waals surface area contributed by atoms with Crippen LogP contribution in [0, 0.1) is 0 Å². The van der Waals surface area contributed by atoms with E-state index >= 15 is 0 Å². The molecule has 13 heteroatoms. The number of amides is 2. The first-order valence-electron chi connectivity index (χ1n) is 9.02. The van der Waals surface area contributed by atoms with Crippen LogP contribution in [0.1, 0.15) is 32.8 Å². The lowest BCUT2D eigenvalue weighted by Crippen LogP contribution is -2.45. The van der Waals surface area contributed by atoms with Crippen LogP contribution in [0.15, 0.2) is 18.2 Å². The van der Waals surface area contributed by atoms with E-state index < -0.39 is 56.6 Å². The highest BCUT2D eigenvalue weighted by Gasteiger charge is 2.43. The van der Waals surface area contributed by atoms with Crippen molar-refractivity contribution in [2.75, 3.05) is 18.1 Å². The van der Waals surface area contributed by atoms with Crippen molar-refractivity contribution in [2.24, 2.45) is 0 Å². The van der Waals surface area contributed by atoms with Gasteiger partial charge in [0.1, 0.15) is 11.6 Å². The molecule has 0 spiro atoms. The third-order valence-corrected chi connectivity index (χ3v) is 4.99. The Labute approximate surface area is 182 Å². The molecule has 2 amide bonds. The van der Waals surface area contributed by atoms with E-state index in [1.54, 1.807) is 20.8 Å². The first-order valence-corrected chi connectivity index (χ1v) is 11.2. The monoisotopic (exact) mass is 486 g/mol. The summed E-state index contributed by atoms with van der Waals surface area (Å²) < 4.78 is 72.2. The van der Waals surface area contributed by atoms with Gasteiger partial charge in [-0.25, -0.2) is 4.79 Å². The van der Waals surface area contributed by atoms with Gasteiger partial charge in [-0.05, 0) is 39.0 Å². The topological polar surface area (TPSA) is 102 Å². The summed E-state index contributed by atoms with van der Waals surface area (Å²) in [6, 6.07) is 1.59. The van der Waals surface area contributed by atoms with Crippen LogP contribution in [0.5, 0.6) is 0 Å². The Morgan fingerprint density at radius 1 is 1.23 bits per heavy atom. The van der Waals surface area contributed by atoms with Crippen molar-refractivity contribution in [3.8, 4) is 0 Å². The molecule has 2 atom stereocenters. The molecule has 1 aliphatic heterocycles. The smallest absolute Gasteiger partial charge is 0.417 e. The average Bonchev–Trinajstić information content (AvgIpc) is 2.96. The zero-order valence-electron chi connectivity index (χ0n) is 17.1. The molecule has 2 rings (SSSR count). The van der Waals surface area contributed by atoms with E-state index in [0.29, 0.717) is 6.07 Å². The Balaban J connectivity index is 2.27. The van der Waals surface area contributed by atoms with E-state index in [-0.39, 0.29) is 18.7 Å². The lowest BCUT2D eigenvalue weighted by atomic mass is 10.1. The fourth-order valence-corrected chi connectivity index (χ4v) is 3.79. The molecular formula is C18H22ClF3N2O6S. The minimum Gasteiger partial charge on any atom is -0.444 e. The van der Waals surface area contributed by atoms with Crippen LogP contribution in [0.25, 0.3) is 0 Å². The van der Waals surface area contributed by atoms with Crippen molar-refractivity contribution in [3.05, 3.63) is 28.8 Å². The standard InChI is InChI=1S/C18H22ClF3N2O6S/c1-17(2,3)29-16(26)24-9-11(30-31(4,27)28)8-14(24)15(25)23-10-5-6-13(19)12(7-10)18(20,21)22/h5-7,11,14H,8-9H2,1-4H3,(H,23,25)/t11-,14+/m0/s1. The van der Waals surface area contributed by atoms with Crippen molar-refractivity contribution in [2.45, 2.75) is 51.1 Å². The second-order valence-electron chi connectivity index (χ2n) is 7.99. The molecule has 174 valence electrons. The predicted octanol–water partition coefficient (Wildman–Crippen LogP) is 3.65. The number of carbonyl (C=O) groups excluding carboxylic acids is 2. The Bertz CT molecular complexity index is 962. The number of alkyl halides is 3. The molecule has 1 saturated heterocycles. The van der Waals surface area contributed by atoms with Gasteiger partial charge in [0.15, 0.2) is 0 Å². The van der Waals surface area contributed by atoms with E-state index in [9.17, 15) is 31.2 Å². The van der Waals surface area contributed by atoms with Gasteiger partial charge in [0.2, 0.25) is 5.91 Å². The van der Waals surface area contributed by atoms with Gasteiger partial charge < -0.3 is 10.1 Å². The third-order valence-electron chi connectivity index (χ3n) is 4.04. The number of rotatable bonds is 4. The largest absolute Gasteiger partial charge is 0.444 e. The van der Waals surface area contributed by atoms with Gasteiger partial charge >= 0.3 is 12.3 Å². The van der Waals surface area contributed by atoms with Crippen molar-refractivity contribution in [3.63, 3.8) is 0 Å². The predicted molar refractivity (Wildman–Crippen MR) is 106 cm³/mol. The van der Waals surface area contributed by atoms with Crippen LogP contribution in [0.4, 0.5) is 23.7 Å². The van der Waals surface area contributed by atoms with Gasteiger partial charge in [0.25, 0.3) is 10.1 Å². The molecule has 0 aliphatic carbocycles. The molecule has 1 aromatic carbocycles. The molecule has 1 aromatic rings. The maximum absolute atomic E-state index is 13.1. The van der Waals surface area contributed by atoms with Gasteiger partial charge in [0.05, 0.1) is 29.5 Å². The summed E-state index contributed by atoms with van der Waals surface area (Å²) in [4.78, 5) is 26.3. The van der Waals surface area contributed by atoms with Gasteiger partial charge in [-0.15, -0.1) is 0 Å². The van der Waals surface area contributed by atoms with Crippen molar-refractivity contribution in [1.82, 2.24) is 4.90 Å². The fraction of sp³-hybridized carbons (Fsp3) is 0.556. The number of halogens is 4. The second-order valence-corrected chi connectivity index (χ2v) is 10.00. The molecular weight excluding hydrogens is 465 g/mol. The van der Waals surface area contributed by atoms with Gasteiger partial charge in [-0.2, -0.15) is 21.6 Å². The zero-order valence-corrected chi connectivity index (χ0v) is 18.7. The number of benzene rings is 1. The number of hydrogen-bond donors (Lipinski definition) is 1. The Hall–Kier alpha value is -2.05. The van der Waals surface area contributed by atoms with E-state index in [0.717, 1.165) is 17.2 Å². The molecule has 0 unspecified atom stereocenters.